The fraction of sp³-hybridized carbons (Fsp3) is 0.353. The van der Waals surface area contributed by atoms with E-state index < -0.39 is 17.7 Å². The van der Waals surface area contributed by atoms with Crippen LogP contribution >= 0.6 is 0 Å². The first kappa shape index (κ1) is 18.0. The van der Waals surface area contributed by atoms with Gasteiger partial charge in [-0.05, 0) is 31.0 Å². The zero-order valence-electron chi connectivity index (χ0n) is 13.7. The first-order valence-electron chi connectivity index (χ1n) is 8.08. The van der Waals surface area contributed by atoms with Crippen LogP contribution < -0.4 is 10.2 Å². The number of hydrogen-bond acceptors (Lipinski definition) is 5. The number of nitrogens with zero attached hydrogens (tertiary/aromatic N) is 3. The second-order valence-electron chi connectivity index (χ2n) is 6.01. The fourth-order valence-electron chi connectivity index (χ4n) is 2.90. The van der Waals surface area contributed by atoms with E-state index in [9.17, 15) is 18.0 Å². The Kier molecular flexibility index (Phi) is 4.97. The molecule has 1 aromatic heterocycles. The van der Waals surface area contributed by atoms with E-state index >= 15 is 0 Å². The lowest BCUT2D eigenvalue weighted by Gasteiger charge is -2.31. The minimum Gasteiger partial charge on any atom is -0.481 e. The summed E-state index contributed by atoms with van der Waals surface area (Å²) in [5.41, 5.74) is -0.919. The molecule has 0 aliphatic carbocycles. The van der Waals surface area contributed by atoms with Gasteiger partial charge < -0.3 is 15.3 Å². The van der Waals surface area contributed by atoms with Crippen LogP contribution in [0.5, 0.6) is 0 Å². The number of carboxylic acid groups (broad SMARTS) is 1. The van der Waals surface area contributed by atoms with Gasteiger partial charge in [0.25, 0.3) is 0 Å². The number of nitrogens with one attached hydrogen (secondary N) is 1. The number of alkyl halides is 3. The van der Waals surface area contributed by atoms with Crippen molar-refractivity contribution in [2.75, 3.05) is 23.3 Å². The Labute approximate surface area is 147 Å². The van der Waals surface area contributed by atoms with Gasteiger partial charge in [-0.25, -0.2) is 4.98 Å². The van der Waals surface area contributed by atoms with Gasteiger partial charge in [-0.3, -0.25) is 4.79 Å². The third-order valence-corrected chi connectivity index (χ3v) is 4.29. The molecule has 2 aromatic rings. The van der Waals surface area contributed by atoms with E-state index in [-0.39, 0.29) is 17.6 Å². The highest BCUT2D eigenvalue weighted by atomic mass is 19.4. The maximum absolute atomic E-state index is 13.1. The summed E-state index contributed by atoms with van der Waals surface area (Å²) in [5.74, 6) is -0.571. The molecule has 9 heteroatoms. The number of hydrogen-bond donors (Lipinski definition) is 2. The molecule has 0 bridgehead atoms. The van der Waals surface area contributed by atoms with E-state index in [2.05, 4.69) is 15.3 Å². The Balaban J connectivity index is 1.76. The molecule has 26 heavy (non-hydrogen) atoms. The van der Waals surface area contributed by atoms with Crippen LogP contribution in [0.25, 0.3) is 0 Å². The lowest BCUT2D eigenvalue weighted by atomic mass is 9.97. The molecule has 0 radical (unpaired) electrons. The third-order valence-electron chi connectivity index (χ3n) is 4.29. The fourth-order valence-corrected chi connectivity index (χ4v) is 2.90. The predicted octanol–water partition coefficient (Wildman–Crippen LogP) is 3.54. The Morgan fingerprint density at radius 1 is 1.19 bits per heavy atom. The van der Waals surface area contributed by atoms with Crippen molar-refractivity contribution in [1.29, 1.82) is 0 Å². The average Bonchev–Trinajstić information content (AvgIpc) is 2.61. The van der Waals surface area contributed by atoms with Crippen LogP contribution in [0.3, 0.4) is 0 Å². The number of aromatic nitrogens is 2. The smallest absolute Gasteiger partial charge is 0.418 e. The molecule has 0 spiro atoms. The Hall–Kier alpha value is -2.84. The maximum Gasteiger partial charge on any atom is 0.418 e. The van der Waals surface area contributed by atoms with E-state index in [1.807, 2.05) is 4.90 Å². The third kappa shape index (κ3) is 4.04. The lowest BCUT2D eigenvalue weighted by molar-refractivity contribution is -0.142. The van der Waals surface area contributed by atoms with Gasteiger partial charge >= 0.3 is 12.1 Å². The molecule has 1 saturated heterocycles. The van der Waals surface area contributed by atoms with Gasteiger partial charge in [0.1, 0.15) is 5.82 Å². The molecule has 1 fully saturated rings. The standard InChI is InChI=1S/C17H17F3N4O2/c18-17(19,20)12-3-1-2-4-13(12)22-16-21-8-5-14(23-16)24-9-6-11(7-10-24)15(25)26/h1-5,8,11H,6-7,9-10H2,(H,25,26)(H,21,22,23). The molecule has 6 nitrogen and oxygen atoms in total. The molecule has 0 unspecified atom stereocenters. The predicted molar refractivity (Wildman–Crippen MR) is 89.3 cm³/mol. The average molecular weight is 366 g/mol. The van der Waals surface area contributed by atoms with E-state index in [0.717, 1.165) is 6.07 Å². The summed E-state index contributed by atoms with van der Waals surface area (Å²) in [7, 11) is 0. The normalized spacial score (nSPS) is 15.7. The van der Waals surface area contributed by atoms with Gasteiger partial charge in [-0.1, -0.05) is 12.1 Å². The van der Waals surface area contributed by atoms with E-state index in [1.54, 1.807) is 6.07 Å². The molecular weight excluding hydrogens is 349 g/mol. The molecular formula is C17H17F3N4O2. The Morgan fingerprint density at radius 2 is 1.88 bits per heavy atom. The van der Waals surface area contributed by atoms with Crippen LogP contribution in [-0.2, 0) is 11.0 Å². The van der Waals surface area contributed by atoms with Gasteiger partial charge in [-0.15, -0.1) is 0 Å². The topological polar surface area (TPSA) is 78.3 Å². The van der Waals surface area contributed by atoms with Crippen molar-refractivity contribution in [3.8, 4) is 0 Å². The number of para-hydroxylation sites is 1. The number of piperidine rings is 1. The number of halogens is 3. The lowest BCUT2D eigenvalue weighted by Crippen LogP contribution is -2.36. The molecule has 138 valence electrons. The van der Waals surface area contributed by atoms with Gasteiger partial charge in [0.2, 0.25) is 5.95 Å². The van der Waals surface area contributed by atoms with Crippen molar-refractivity contribution in [2.45, 2.75) is 19.0 Å². The van der Waals surface area contributed by atoms with Gasteiger partial charge in [0.05, 0.1) is 17.2 Å². The monoisotopic (exact) mass is 366 g/mol. The quantitative estimate of drug-likeness (QED) is 0.862. The Bertz CT molecular complexity index is 790. The van der Waals surface area contributed by atoms with Crippen LogP contribution in [0.15, 0.2) is 36.5 Å². The number of aliphatic carboxylic acids is 1. The van der Waals surface area contributed by atoms with Crippen LogP contribution in [0, 0.1) is 5.92 Å². The minimum absolute atomic E-state index is 0.0551. The van der Waals surface area contributed by atoms with Crippen molar-refractivity contribution in [3.05, 3.63) is 42.1 Å². The van der Waals surface area contributed by atoms with Crippen molar-refractivity contribution < 1.29 is 23.1 Å². The van der Waals surface area contributed by atoms with Crippen molar-refractivity contribution >= 4 is 23.4 Å². The van der Waals surface area contributed by atoms with Crippen molar-refractivity contribution in [1.82, 2.24) is 9.97 Å². The molecule has 2 N–H and O–H groups in total. The second kappa shape index (κ2) is 7.19. The van der Waals surface area contributed by atoms with Crippen LogP contribution in [-0.4, -0.2) is 34.1 Å². The van der Waals surface area contributed by atoms with Crippen LogP contribution in [0.4, 0.5) is 30.6 Å². The molecule has 3 rings (SSSR count). The highest BCUT2D eigenvalue weighted by Crippen LogP contribution is 2.35. The van der Waals surface area contributed by atoms with Gasteiger partial charge in [0, 0.05) is 19.3 Å². The van der Waals surface area contributed by atoms with Crippen molar-refractivity contribution in [3.63, 3.8) is 0 Å². The maximum atomic E-state index is 13.1. The number of benzene rings is 1. The summed E-state index contributed by atoms with van der Waals surface area (Å²) in [6, 6.07) is 6.78. The summed E-state index contributed by atoms with van der Waals surface area (Å²) >= 11 is 0. The Morgan fingerprint density at radius 3 is 2.54 bits per heavy atom. The summed E-state index contributed by atoms with van der Waals surface area (Å²) < 4.78 is 39.3. The van der Waals surface area contributed by atoms with Gasteiger partial charge in [-0.2, -0.15) is 18.2 Å². The number of anilines is 3. The molecule has 0 atom stereocenters. The largest absolute Gasteiger partial charge is 0.481 e. The first-order valence-corrected chi connectivity index (χ1v) is 8.08. The summed E-state index contributed by atoms with van der Waals surface area (Å²) in [4.78, 5) is 21.2. The van der Waals surface area contributed by atoms with E-state index in [0.29, 0.717) is 31.7 Å². The molecule has 0 saturated carbocycles. The summed E-state index contributed by atoms with van der Waals surface area (Å²) in [5, 5.41) is 11.7. The van der Waals surface area contributed by atoms with Crippen LogP contribution in [0.2, 0.25) is 0 Å². The highest BCUT2D eigenvalue weighted by Gasteiger charge is 2.33. The first-order chi connectivity index (χ1) is 12.3. The summed E-state index contributed by atoms with van der Waals surface area (Å²) in [6.45, 7) is 1.04. The number of rotatable bonds is 4. The summed E-state index contributed by atoms with van der Waals surface area (Å²) in [6.07, 6.45) is -2.03. The molecule has 1 aromatic carbocycles. The number of carboxylic acids is 1. The minimum atomic E-state index is -4.49. The molecule has 0 amide bonds. The SMILES string of the molecule is O=C(O)C1CCN(c2ccnc(Nc3ccccc3C(F)(F)F)n2)CC1. The molecule has 2 heterocycles. The zero-order chi connectivity index (χ0) is 18.7. The highest BCUT2D eigenvalue weighted by molar-refractivity contribution is 5.70. The second-order valence-corrected chi connectivity index (χ2v) is 6.01. The van der Waals surface area contributed by atoms with E-state index in [1.165, 1.54) is 24.4 Å². The zero-order valence-corrected chi connectivity index (χ0v) is 13.7. The number of carbonyl (C=O) groups is 1. The molecule has 1 aliphatic heterocycles. The van der Waals surface area contributed by atoms with E-state index in [4.69, 9.17) is 5.11 Å². The molecule has 1 aliphatic rings. The van der Waals surface area contributed by atoms with Crippen molar-refractivity contribution in [2.24, 2.45) is 5.92 Å². The van der Waals surface area contributed by atoms with Gasteiger partial charge in [0.15, 0.2) is 0 Å². The van der Waals surface area contributed by atoms with Crippen LogP contribution in [0.1, 0.15) is 18.4 Å².